The fraction of sp³-hybridized carbons (Fsp3) is 0.231. The molecule has 0 unspecified atom stereocenters. The van der Waals surface area contributed by atoms with E-state index in [1.54, 1.807) is 0 Å². The molecule has 3 rings (SSSR count). The molecule has 1 aromatic heterocycles. The molecular weight excluding hydrogens is 198 g/mol. The van der Waals surface area contributed by atoms with Gasteiger partial charge in [-0.25, -0.2) is 0 Å². The summed E-state index contributed by atoms with van der Waals surface area (Å²) in [5.74, 6) is 0. The van der Waals surface area contributed by atoms with E-state index in [4.69, 9.17) is 5.73 Å². The normalized spacial score (nSPS) is 16.4. The first-order valence-electron chi connectivity index (χ1n) is 5.61. The smallest absolute Gasteiger partial charge is 0.0461 e. The zero-order valence-electron chi connectivity index (χ0n) is 9.09. The summed E-state index contributed by atoms with van der Waals surface area (Å²) in [6.07, 6.45) is 5.43. The predicted molar refractivity (Wildman–Crippen MR) is 68.2 cm³/mol. The van der Waals surface area contributed by atoms with Gasteiger partial charge >= 0.3 is 0 Å². The number of benzene rings is 1. The minimum absolute atomic E-state index is 0.822. The van der Waals surface area contributed by atoms with Crippen LogP contribution < -0.4 is 11.1 Å². The number of aromatic nitrogens is 1. The minimum Gasteiger partial charge on any atom is -0.399 e. The van der Waals surface area contributed by atoms with Gasteiger partial charge in [-0.15, -0.1) is 0 Å². The number of aromatic amines is 1. The maximum atomic E-state index is 5.84. The molecule has 1 aromatic carbocycles. The number of hydrogen-bond acceptors (Lipinski definition) is 2. The van der Waals surface area contributed by atoms with Gasteiger partial charge in [-0.1, -0.05) is 6.08 Å². The first-order valence-corrected chi connectivity index (χ1v) is 5.61. The highest BCUT2D eigenvalue weighted by molar-refractivity contribution is 5.94. The number of fused-ring (bicyclic) bond motifs is 1. The van der Waals surface area contributed by atoms with Crippen LogP contribution in [0.5, 0.6) is 0 Å². The molecule has 0 saturated heterocycles. The molecule has 1 aliphatic heterocycles. The molecule has 0 radical (unpaired) electrons. The zero-order chi connectivity index (χ0) is 11.0. The van der Waals surface area contributed by atoms with Crippen LogP contribution in [0.1, 0.15) is 12.0 Å². The van der Waals surface area contributed by atoms with Crippen LogP contribution >= 0.6 is 0 Å². The van der Waals surface area contributed by atoms with Gasteiger partial charge in [-0.3, -0.25) is 0 Å². The van der Waals surface area contributed by atoms with E-state index in [1.165, 1.54) is 16.5 Å². The highest BCUT2D eigenvalue weighted by Crippen LogP contribution is 2.29. The van der Waals surface area contributed by atoms with E-state index in [0.717, 1.165) is 30.7 Å². The number of H-pyrrole nitrogens is 1. The Bertz CT molecular complexity index is 551. The Hall–Kier alpha value is -1.74. The van der Waals surface area contributed by atoms with Gasteiger partial charge in [0.15, 0.2) is 0 Å². The van der Waals surface area contributed by atoms with E-state index >= 15 is 0 Å². The van der Waals surface area contributed by atoms with Crippen molar-refractivity contribution in [2.24, 2.45) is 0 Å². The summed E-state index contributed by atoms with van der Waals surface area (Å²) in [5.41, 5.74) is 10.5. The molecule has 0 bridgehead atoms. The SMILES string of the molecule is Nc1ccc2[nH]cc(C3=CCNCC3)c2c1. The van der Waals surface area contributed by atoms with Gasteiger partial charge in [0.05, 0.1) is 0 Å². The van der Waals surface area contributed by atoms with Gasteiger partial charge in [0.25, 0.3) is 0 Å². The second-order valence-electron chi connectivity index (χ2n) is 4.19. The van der Waals surface area contributed by atoms with E-state index < -0.39 is 0 Å². The lowest BCUT2D eigenvalue weighted by molar-refractivity contribution is 0.739. The fourth-order valence-corrected chi connectivity index (χ4v) is 2.27. The first-order chi connectivity index (χ1) is 7.84. The zero-order valence-corrected chi connectivity index (χ0v) is 9.09. The number of rotatable bonds is 1. The van der Waals surface area contributed by atoms with Gasteiger partial charge in [0, 0.05) is 34.9 Å². The van der Waals surface area contributed by atoms with E-state index in [2.05, 4.69) is 22.6 Å². The Kier molecular flexibility index (Phi) is 2.18. The van der Waals surface area contributed by atoms with Crippen molar-refractivity contribution in [3.05, 3.63) is 36.0 Å². The third kappa shape index (κ3) is 1.49. The highest BCUT2D eigenvalue weighted by Gasteiger charge is 2.10. The topological polar surface area (TPSA) is 53.8 Å². The summed E-state index contributed by atoms with van der Waals surface area (Å²) in [7, 11) is 0. The first kappa shape index (κ1) is 9.48. The molecule has 2 heterocycles. The van der Waals surface area contributed by atoms with Gasteiger partial charge in [-0.2, -0.15) is 0 Å². The van der Waals surface area contributed by atoms with Crippen molar-refractivity contribution >= 4 is 22.2 Å². The maximum Gasteiger partial charge on any atom is 0.0461 e. The van der Waals surface area contributed by atoms with E-state index in [9.17, 15) is 0 Å². The Balaban J connectivity index is 2.16. The molecule has 0 saturated carbocycles. The van der Waals surface area contributed by atoms with Crippen molar-refractivity contribution in [2.45, 2.75) is 6.42 Å². The van der Waals surface area contributed by atoms with Crippen molar-refractivity contribution in [3.63, 3.8) is 0 Å². The molecule has 16 heavy (non-hydrogen) atoms. The lowest BCUT2D eigenvalue weighted by atomic mass is 9.99. The third-order valence-corrected chi connectivity index (χ3v) is 3.12. The van der Waals surface area contributed by atoms with Crippen LogP contribution in [0.15, 0.2) is 30.5 Å². The second kappa shape index (κ2) is 3.68. The molecule has 0 atom stereocenters. The van der Waals surface area contributed by atoms with Gasteiger partial charge in [0.2, 0.25) is 0 Å². The van der Waals surface area contributed by atoms with Gasteiger partial charge < -0.3 is 16.0 Å². The summed E-state index contributed by atoms with van der Waals surface area (Å²) in [4.78, 5) is 3.30. The Morgan fingerprint density at radius 3 is 3.00 bits per heavy atom. The Labute approximate surface area is 94.3 Å². The van der Waals surface area contributed by atoms with Crippen LogP contribution in [0.2, 0.25) is 0 Å². The molecule has 0 fully saturated rings. The summed E-state index contributed by atoms with van der Waals surface area (Å²) in [5, 5.41) is 4.55. The summed E-state index contributed by atoms with van der Waals surface area (Å²) in [6, 6.07) is 6.01. The minimum atomic E-state index is 0.822. The molecule has 0 amide bonds. The van der Waals surface area contributed by atoms with Gasteiger partial charge in [-0.05, 0) is 36.7 Å². The van der Waals surface area contributed by atoms with Crippen LogP contribution in [0.3, 0.4) is 0 Å². The molecular formula is C13H15N3. The van der Waals surface area contributed by atoms with Crippen molar-refractivity contribution in [3.8, 4) is 0 Å². The molecule has 4 N–H and O–H groups in total. The summed E-state index contributed by atoms with van der Waals surface area (Å²) >= 11 is 0. The fourth-order valence-electron chi connectivity index (χ4n) is 2.27. The maximum absolute atomic E-state index is 5.84. The van der Waals surface area contributed by atoms with Crippen LogP contribution in [0.25, 0.3) is 16.5 Å². The summed E-state index contributed by atoms with van der Waals surface area (Å²) < 4.78 is 0. The van der Waals surface area contributed by atoms with E-state index in [-0.39, 0.29) is 0 Å². The number of hydrogen-bond donors (Lipinski definition) is 3. The average Bonchev–Trinajstić information content (AvgIpc) is 2.73. The van der Waals surface area contributed by atoms with Crippen LogP contribution in [0.4, 0.5) is 5.69 Å². The quantitative estimate of drug-likeness (QED) is 0.636. The van der Waals surface area contributed by atoms with E-state index in [0.29, 0.717) is 0 Å². The molecule has 1 aliphatic rings. The Morgan fingerprint density at radius 2 is 2.19 bits per heavy atom. The lowest BCUT2D eigenvalue weighted by Crippen LogP contribution is -2.19. The van der Waals surface area contributed by atoms with Crippen LogP contribution in [0, 0.1) is 0 Å². The largest absolute Gasteiger partial charge is 0.399 e. The molecule has 3 nitrogen and oxygen atoms in total. The van der Waals surface area contributed by atoms with Crippen molar-refractivity contribution < 1.29 is 0 Å². The molecule has 2 aromatic rings. The van der Waals surface area contributed by atoms with E-state index in [1.807, 2.05) is 18.2 Å². The van der Waals surface area contributed by atoms with Crippen LogP contribution in [-0.4, -0.2) is 18.1 Å². The monoisotopic (exact) mass is 213 g/mol. The number of anilines is 1. The Morgan fingerprint density at radius 1 is 1.25 bits per heavy atom. The van der Waals surface area contributed by atoms with Gasteiger partial charge in [0.1, 0.15) is 0 Å². The average molecular weight is 213 g/mol. The van der Waals surface area contributed by atoms with Crippen LogP contribution in [-0.2, 0) is 0 Å². The molecule has 82 valence electrons. The number of nitrogen functional groups attached to an aromatic ring is 1. The van der Waals surface area contributed by atoms with Crippen molar-refractivity contribution in [1.29, 1.82) is 0 Å². The number of nitrogens with one attached hydrogen (secondary N) is 2. The van der Waals surface area contributed by atoms with Crippen molar-refractivity contribution in [1.82, 2.24) is 10.3 Å². The third-order valence-electron chi connectivity index (χ3n) is 3.12. The molecule has 3 heteroatoms. The number of nitrogens with two attached hydrogens (primary N) is 1. The predicted octanol–water partition coefficient (Wildman–Crippen LogP) is 2.13. The molecule has 0 spiro atoms. The van der Waals surface area contributed by atoms with Crippen molar-refractivity contribution in [2.75, 3.05) is 18.8 Å². The highest BCUT2D eigenvalue weighted by atomic mass is 14.8. The molecule has 0 aliphatic carbocycles. The second-order valence-corrected chi connectivity index (χ2v) is 4.19. The summed E-state index contributed by atoms with van der Waals surface area (Å²) in [6.45, 7) is 2.02. The standard InChI is InChI=1S/C13H15N3/c14-10-1-2-13-11(7-10)12(8-16-13)9-3-5-15-6-4-9/h1-3,7-8,15-16H,4-6,14H2. The lowest BCUT2D eigenvalue weighted by Gasteiger charge is -2.13.